The van der Waals surface area contributed by atoms with Gasteiger partial charge in [0.1, 0.15) is 0 Å². The molecular formula is C21H18ClN3O4. The van der Waals surface area contributed by atoms with Crippen LogP contribution in [0.2, 0.25) is 5.02 Å². The van der Waals surface area contributed by atoms with Gasteiger partial charge in [0.15, 0.2) is 0 Å². The quantitative estimate of drug-likeness (QED) is 0.570. The maximum absolute atomic E-state index is 13.0. The average Bonchev–Trinajstić information content (AvgIpc) is 3.49. The van der Waals surface area contributed by atoms with Crippen LogP contribution in [-0.2, 0) is 11.3 Å². The van der Waals surface area contributed by atoms with E-state index >= 15 is 0 Å². The first-order valence-corrected chi connectivity index (χ1v) is 9.50. The second-order valence-corrected chi connectivity index (χ2v) is 7.18. The second-order valence-electron chi connectivity index (χ2n) is 6.74. The molecule has 148 valence electrons. The fraction of sp³-hybridized carbons (Fsp3) is 0.238. The summed E-state index contributed by atoms with van der Waals surface area (Å²) < 4.78 is 10.4. The van der Waals surface area contributed by atoms with Gasteiger partial charge in [-0.2, -0.15) is 0 Å². The first-order chi connectivity index (χ1) is 14.0. The monoisotopic (exact) mass is 411 g/mol. The lowest BCUT2D eigenvalue weighted by molar-refractivity contribution is 0.0599. The van der Waals surface area contributed by atoms with Crippen LogP contribution in [0.1, 0.15) is 39.4 Å². The van der Waals surface area contributed by atoms with E-state index in [1.165, 1.54) is 7.11 Å². The Bertz CT molecular complexity index is 1030. The molecule has 4 rings (SSSR count). The molecule has 1 amide bonds. The number of carbonyl (C=O) groups excluding carboxylic acids is 2. The minimum atomic E-state index is -0.441. The molecule has 0 N–H and O–H groups in total. The predicted octanol–water partition coefficient (Wildman–Crippen LogP) is 3.98. The maximum Gasteiger partial charge on any atom is 0.337 e. The van der Waals surface area contributed by atoms with Crippen molar-refractivity contribution in [1.29, 1.82) is 0 Å². The third kappa shape index (κ3) is 4.30. The Kier molecular flexibility index (Phi) is 5.31. The van der Waals surface area contributed by atoms with Gasteiger partial charge in [-0.15, -0.1) is 10.2 Å². The molecule has 1 aliphatic rings. The fourth-order valence-electron chi connectivity index (χ4n) is 2.96. The molecule has 1 aliphatic carbocycles. The van der Waals surface area contributed by atoms with Crippen molar-refractivity contribution < 1.29 is 18.7 Å². The Morgan fingerprint density at radius 2 is 1.72 bits per heavy atom. The van der Waals surface area contributed by atoms with Gasteiger partial charge in [0.05, 0.1) is 19.2 Å². The normalized spacial score (nSPS) is 13.2. The number of amides is 1. The summed E-state index contributed by atoms with van der Waals surface area (Å²) in [6.07, 6.45) is 1.87. The summed E-state index contributed by atoms with van der Waals surface area (Å²) in [5.74, 6) is 0.155. The van der Waals surface area contributed by atoms with Crippen LogP contribution in [0, 0.1) is 0 Å². The van der Waals surface area contributed by atoms with Gasteiger partial charge in [0, 0.05) is 22.2 Å². The first-order valence-electron chi connectivity index (χ1n) is 9.13. The van der Waals surface area contributed by atoms with Gasteiger partial charge in [-0.25, -0.2) is 4.79 Å². The van der Waals surface area contributed by atoms with E-state index in [9.17, 15) is 9.59 Å². The molecule has 0 unspecified atom stereocenters. The number of halogens is 1. The SMILES string of the molecule is COC(=O)c1ccc(C(=O)N(Cc2nnc(-c3ccc(Cl)cc3)o2)C2CC2)cc1. The summed E-state index contributed by atoms with van der Waals surface area (Å²) >= 11 is 5.91. The van der Waals surface area contributed by atoms with Crippen LogP contribution in [0.25, 0.3) is 11.5 Å². The number of ether oxygens (including phenoxy) is 1. The van der Waals surface area contributed by atoms with Crippen molar-refractivity contribution in [2.75, 3.05) is 7.11 Å². The molecule has 1 heterocycles. The number of hydrogen-bond donors (Lipinski definition) is 0. The molecule has 1 aromatic heterocycles. The third-order valence-corrected chi connectivity index (χ3v) is 4.92. The lowest BCUT2D eigenvalue weighted by Gasteiger charge is -2.20. The molecule has 8 heteroatoms. The van der Waals surface area contributed by atoms with E-state index in [1.54, 1.807) is 53.4 Å². The molecule has 0 atom stereocenters. The zero-order valence-corrected chi connectivity index (χ0v) is 16.4. The summed E-state index contributed by atoms with van der Waals surface area (Å²) in [6, 6.07) is 13.6. The summed E-state index contributed by atoms with van der Waals surface area (Å²) in [4.78, 5) is 26.3. The minimum Gasteiger partial charge on any atom is -0.465 e. The van der Waals surface area contributed by atoms with Crippen LogP contribution in [0.4, 0.5) is 0 Å². The number of benzene rings is 2. The molecule has 0 radical (unpaired) electrons. The Morgan fingerprint density at radius 3 is 2.34 bits per heavy atom. The number of hydrogen-bond acceptors (Lipinski definition) is 6. The highest BCUT2D eigenvalue weighted by atomic mass is 35.5. The van der Waals surface area contributed by atoms with Crippen LogP contribution < -0.4 is 0 Å². The standard InChI is InChI=1S/C21H18ClN3O4/c1-28-21(27)15-4-2-14(3-5-15)20(26)25(17-10-11-17)12-18-23-24-19(29-18)13-6-8-16(22)9-7-13/h2-9,17H,10-12H2,1H3. The summed E-state index contributed by atoms with van der Waals surface area (Å²) in [5.41, 5.74) is 1.64. The predicted molar refractivity (Wildman–Crippen MR) is 105 cm³/mol. The molecule has 0 saturated heterocycles. The molecule has 0 spiro atoms. The maximum atomic E-state index is 13.0. The highest BCUT2D eigenvalue weighted by Crippen LogP contribution is 2.30. The lowest BCUT2D eigenvalue weighted by Crippen LogP contribution is -2.32. The number of nitrogens with zero attached hydrogens (tertiary/aromatic N) is 3. The van der Waals surface area contributed by atoms with Crippen molar-refractivity contribution >= 4 is 23.5 Å². The highest BCUT2D eigenvalue weighted by Gasteiger charge is 2.34. The van der Waals surface area contributed by atoms with Crippen molar-refractivity contribution in [3.63, 3.8) is 0 Å². The Morgan fingerprint density at radius 1 is 1.07 bits per heavy atom. The van der Waals surface area contributed by atoms with Gasteiger partial charge in [0.25, 0.3) is 5.91 Å². The average molecular weight is 412 g/mol. The van der Waals surface area contributed by atoms with Gasteiger partial charge >= 0.3 is 5.97 Å². The van der Waals surface area contributed by atoms with Gasteiger partial charge in [0.2, 0.25) is 11.8 Å². The fourth-order valence-corrected chi connectivity index (χ4v) is 3.08. The van der Waals surface area contributed by atoms with Crippen molar-refractivity contribution in [3.05, 3.63) is 70.6 Å². The van der Waals surface area contributed by atoms with E-state index in [1.807, 2.05) is 0 Å². The summed E-state index contributed by atoms with van der Waals surface area (Å²) in [7, 11) is 1.32. The Labute approximate surface area is 172 Å². The van der Waals surface area contributed by atoms with Crippen molar-refractivity contribution in [3.8, 4) is 11.5 Å². The molecule has 3 aromatic rings. The van der Waals surface area contributed by atoms with E-state index in [2.05, 4.69) is 14.9 Å². The molecule has 0 aliphatic heterocycles. The van der Waals surface area contributed by atoms with Gasteiger partial charge in [-0.1, -0.05) is 11.6 Å². The first kappa shape index (κ1) is 19.1. The van der Waals surface area contributed by atoms with E-state index in [-0.39, 0.29) is 18.5 Å². The van der Waals surface area contributed by atoms with Crippen LogP contribution in [-0.4, -0.2) is 40.1 Å². The van der Waals surface area contributed by atoms with Crippen molar-refractivity contribution in [2.45, 2.75) is 25.4 Å². The van der Waals surface area contributed by atoms with Gasteiger partial charge in [-0.3, -0.25) is 4.79 Å². The van der Waals surface area contributed by atoms with E-state index < -0.39 is 5.97 Å². The minimum absolute atomic E-state index is 0.143. The molecule has 2 aromatic carbocycles. The van der Waals surface area contributed by atoms with Gasteiger partial charge < -0.3 is 14.1 Å². The van der Waals surface area contributed by atoms with Crippen LogP contribution >= 0.6 is 11.6 Å². The van der Waals surface area contributed by atoms with Crippen LogP contribution in [0.3, 0.4) is 0 Å². The number of esters is 1. The van der Waals surface area contributed by atoms with E-state index in [0.29, 0.717) is 27.9 Å². The molecule has 0 bridgehead atoms. The van der Waals surface area contributed by atoms with E-state index in [0.717, 1.165) is 18.4 Å². The second kappa shape index (κ2) is 8.05. The molecule has 29 heavy (non-hydrogen) atoms. The van der Waals surface area contributed by atoms with Gasteiger partial charge in [-0.05, 0) is 61.4 Å². The molecule has 1 fully saturated rings. The number of methoxy groups -OCH3 is 1. The zero-order chi connectivity index (χ0) is 20.4. The summed E-state index contributed by atoms with van der Waals surface area (Å²) in [6.45, 7) is 0.225. The lowest BCUT2D eigenvalue weighted by atomic mass is 10.1. The summed E-state index contributed by atoms with van der Waals surface area (Å²) in [5, 5.41) is 8.78. The van der Waals surface area contributed by atoms with Crippen molar-refractivity contribution in [1.82, 2.24) is 15.1 Å². The van der Waals surface area contributed by atoms with Crippen molar-refractivity contribution in [2.24, 2.45) is 0 Å². The topological polar surface area (TPSA) is 85.5 Å². The number of carbonyl (C=O) groups is 2. The Balaban J connectivity index is 1.50. The highest BCUT2D eigenvalue weighted by molar-refractivity contribution is 6.30. The molecule has 7 nitrogen and oxygen atoms in total. The number of rotatable bonds is 6. The zero-order valence-electron chi connectivity index (χ0n) is 15.7. The third-order valence-electron chi connectivity index (χ3n) is 4.67. The van der Waals surface area contributed by atoms with E-state index in [4.69, 9.17) is 16.0 Å². The number of aromatic nitrogens is 2. The smallest absolute Gasteiger partial charge is 0.337 e. The largest absolute Gasteiger partial charge is 0.465 e. The molecule has 1 saturated carbocycles. The van der Waals surface area contributed by atoms with Crippen LogP contribution in [0.15, 0.2) is 52.9 Å². The molecular weight excluding hydrogens is 394 g/mol. The Hall–Kier alpha value is -3.19. The van der Waals surface area contributed by atoms with Crippen LogP contribution in [0.5, 0.6) is 0 Å².